The van der Waals surface area contributed by atoms with Crippen LogP contribution in [0.3, 0.4) is 0 Å². The minimum Gasteiger partial charge on any atom is -0.378 e. The lowest BCUT2D eigenvalue weighted by atomic mass is 10.1. The summed E-state index contributed by atoms with van der Waals surface area (Å²) in [5, 5.41) is 6.58. The first-order valence-electron chi connectivity index (χ1n) is 8.65. The van der Waals surface area contributed by atoms with Crippen molar-refractivity contribution in [1.82, 2.24) is 20.2 Å². The Morgan fingerprint density at radius 2 is 1.88 bits per heavy atom. The molecule has 0 radical (unpaired) electrons. The second kappa shape index (κ2) is 7.41. The van der Waals surface area contributed by atoms with Gasteiger partial charge < -0.3 is 20.3 Å². The van der Waals surface area contributed by atoms with E-state index in [4.69, 9.17) is 4.74 Å². The molecule has 1 fully saturated rings. The molecule has 1 aromatic carbocycles. The Hall–Kier alpha value is -3.12. The van der Waals surface area contributed by atoms with Crippen molar-refractivity contribution >= 4 is 17.2 Å². The van der Waals surface area contributed by atoms with Crippen LogP contribution >= 0.6 is 0 Å². The zero-order valence-electron chi connectivity index (χ0n) is 14.5. The summed E-state index contributed by atoms with van der Waals surface area (Å²) in [4.78, 5) is 11.3. The fourth-order valence-electron chi connectivity index (χ4n) is 2.97. The first kappa shape index (κ1) is 16.4. The Kier molecular flexibility index (Phi) is 4.66. The van der Waals surface area contributed by atoms with Gasteiger partial charge in [0.05, 0.1) is 18.9 Å². The van der Waals surface area contributed by atoms with Crippen molar-refractivity contribution in [2.75, 3.05) is 31.6 Å². The molecule has 6 heteroatoms. The molecule has 1 saturated heterocycles. The van der Waals surface area contributed by atoms with Crippen molar-refractivity contribution in [3.05, 3.63) is 78.5 Å². The molecule has 6 nitrogen and oxygen atoms in total. The molecule has 2 aliphatic heterocycles. The van der Waals surface area contributed by atoms with Crippen molar-refractivity contribution < 1.29 is 4.74 Å². The lowest BCUT2D eigenvalue weighted by molar-refractivity contribution is 0.0511. The van der Waals surface area contributed by atoms with Crippen LogP contribution in [0.15, 0.2) is 72.8 Å². The fraction of sp³-hybridized carbons (Fsp3) is 0.200. The van der Waals surface area contributed by atoms with Crippen LogP contribution < -0.4 is 10.6 Å². The highest BCUT2D eigenvalue weighted by molar-refractivity contribution is 5.76. The zero-order valence-corrected chi connectivity index (χ0v) is 14.5. The predicted octanol–water partition coefficient (Wildman–Crippen LogP) is 2.89. The maximum Gasteiger partial charge on any atom is 0.227 e. The van der Waals surface area contributed by atoms with E-state index < -0.39 is 0 Å². The summed E-state index contributed by atoms with van der Waals surface area (Å²) in [7, 11) is 0. The third kappa shape index (κ3) is 3.75. The van der Waals surface area contributed by atoms with Gasteiger partial charge in [0.25, 0.3) is 0 Å². The molecule has 0 atom stereocenters. The van der Waals surface area contributed by atoms with E-state index in [0.717, 1.165) is 54.8 Å². The lowest BCUT2D eigenvalue weighted by Gasteiger charge is -2.33. The highest BCUT2D eigenvalue weighted by Crippen LogP contribution is 2.24. The Bertz CT molecular complexity index is 854. The summed E-state index contributed by atoms with van der Waals surface area (Å²) in [5.74, 6) is 1.60. The molecule has 4 rings (SSSR count). The monoisotopic (exact) mass is 347 g/mol. The normalized spacial score (nSPS) is 17.2. The molecule has 2 aromatic rings. The van der Waals surface area contributed by atoms with Crippen LogP contribution in [0.2, 0.25) is 0 Å². The standard InChI is InChI=1S/C20H21N5O/c1-15-13-16(14-19(22-15)25-9-11-26-12-10-25)18-7-8-21-20(24-18)23-17-5-3-2-4-6-17/h2-8,13-14,22H,1,9-12H2,(H,21,23,24). The van der Waals surface area contributed by atoms with Crippen LogP contribution in [-0.2, 0) is 4.74 Å². The van der Waals surface area contributed by atoms with E-state index in [0.29, 0.717) is 5.95 Å². The fourth-order valence-corrected chi connectivity index (χ4v) is 2.97. The van der Waals surface area contributed by atoms with Gasteiger partial charge in [-0.1, -0.05) is 24.8 Å². The van der Waals surface area contributed by atoms with Crippen LogP contribution in [0.25, 0.3) is 5.57 Å². The van der Waals surface area contributed by atoms with Crippen molar-refractivity contribution in [3.8, 4) is 0 Å². The third-order valence-electron chi connectivity index (χ3n) is 4.24. The Labute approximate surface area is 152 Å². The van der Waals surface area contributed by atoms with Crippen molar-refractivity contribution in [2.45, 2.75) is 0 Å². The first-order chi connectivity index (χ1) is 12.8. The topological polar surface area (TPSA) is 62.3 Å². The number of morpholine rings is 1. The van der Waals surface area contributed by atoms with Crippen molar-refractivity contribution in [2.24, 2.45) is 0 Å². The third-order valence-corrected chi connectivity index (χ3v) is 4.24. The summed E-state index contributed by atoms with van der Waals surface area (Å²) in [5.41, 5.74) is 3.67. The van der Waals surface area contributed by atoms with Crippen molar-refractivity contribution in [3.63, 3.8) is 0 Å². The smallest absolute Gasteiger partial charge is 0.227 e. The van der Waals surface area contributed by atoms with Crippen LogP contribution in [0.5, 0.6) is 0 Å². The van der Waals surface area contributed by atoms with E-state index in [-0.39, 0.29) is 0 Å². The molecule has 2 N–H and O–H groups in total. The van der Waals surface area contributed by atoms with E-state index in [2.05, 4.69) is 38.2 Å². The molecule has 0 unspecified atom stereocenters. The van der Waals surface area contributed by atoms with Gasteiger partial charge in [0.2, 0.25) is 5.95 Å². The van der Waals surface area contributed by atoms with E-state index in [9.17, 15) is 0 Å². The average molecular weight is 347 g/mol. The second-order valence-corrected chi connectivity index (χ2v) is 6.14. The molecule has 0 aliphatic carbocycles. The van der Waals surface area contributed by atoms with Gasteiger partial charge in [-0.2, -0.15) is 0 Å². The SMILES string of the molecule is C=C1C=C(c2ccnc(Nc3ccccc3)n2)C=C(N2CCOCC2)N1. The summed E-state index contributed by atoms with van der Waals surface area (Å²) in [6.45, 7) is 7.29. The number of benzene rings is 1. The Balaban J connectivity index is 1.58. The van der Waals surface area contributed by atoms with Gasteiger partial charge in [0, 0.05) is 36.2 Å². The molecule has 2 aliphatic rings. The molecule has 1 aromatic heterocycles. The summed E-state index contributed by atoms with van der Waals surface area (Å²) in [6.07, 6.45) is 5.87. The predicted molar refractivity (Wildman–Crippen MR) is 102 cm³/mol. The number of hydrogen-bond acceptors (Lipinski definition) is 6. The summed E-state index contributed by atoms with van der Waals surface area (Å²) in [6, 6.07) is 11.8. The number of aromatic nitrogens is 2. The number of nitrogens with one attached hydrogen (secondary N) is 2. The molecule has 0 spiro atoms. The van der Waals surface area contributed by atoms with Gasteiger partial charge in [0.15, 0.2) is 0 Å². The maximum absolute atomic E-state index is 5.44. The maximum atomic E-state index is 5.44. The molecule has 3 heterocycles. The van der Waals surface area contributed by atoms with Crippen molar-refractivity contribution in [1.29, 1.82) is 0 Å². The summed E-state index contributed by atoms with van der Waals surface area (Å²) >= 11 is 0. The number of nitrogens with zero attached hydrogens (tertiary/aromatic N) is 3. The number of anilines is 2. The number of ether oxygens (including phenoxy) is 1. The molecule has 0 bridgehead atoms. The van der Waals surface area contributed by atoms with Gasteiger partial charge in [-0.05, 0) is 30.4 Å². The van der Waals surface area contributed by atoms with Gasteiger partial charge in [-0.3, -0.25) is 0 Å². The van der Waals surface area contributed by atoms with Crippen LogP contribution in [0.1, 0.15) is 5.69 Å². The van der Waals surface area contributed by atoms with Gasteiger partial charge in [-0.25, -0.2) is 9.97 Å². The number of hydrogen-bond donors (Lipinski definition) is 2. The lowest BCUT2D eigenvalue weighted by Crippen LogP contribution is -2.40. The largest absolute Gasteiger partial charge is 0.378 e. The molecule has 0 amide bonds. The van der Waals surface area contributed by atoms with Gasteiger partial charge in [-0.15, -0.1) is 0 Å². The average Bonchev–Trinajstić information content (AvgIpc) is 2.69. The minimum atomic E-state index is 0.570. The quantitative estimate of drug-likeness (QED) is 0.887. The molecule has 26 heavy (non-hydrogen) atoms. The number of dihydropyridines is 1. The second-order valence-electron chi connectivity index (χ2n) is 6.14. The molecule has 132 valence electrons. The zero-order chi connectivity index (χ0) is 17.8. The Morgan fingerprint density at radius 1 is 1.08 bits per heavy atom. The highest BCUT2D eigenvalue weighted by atomic mass is 16.5. The number of para-hydroxylation sites is 1. The molecule has 0 saturated carbocycles. The first-order valence-corrected chi connectivity index (χ1v) is 8.65. The van der Waals surface area contributed by atoms with Crippen LogP contribution in [0.4, 0.5) is 11.6 Å². The molecular formula is C20H21N5O. The van der Waals surface area contributed by atoms with E-state index in [1.165, 1.54) is 0 Å². The Morgan fingerprint density at radius 3 is 2.69 bits per heavy atom. The highest BCUT2D eigenvalue weighted by Gasteiger charge is 2.18. The minimum absolute atomic E-state index is 0.570. The van der Waals surface area contributed by atoms with Gasteiger partial charge >= 0.3 is 0 Å². The molecular weight excluding hydrogens is 326 g/mol. The van der Waals surface area contributed by atoms with E-state index >= 15 is 0 Å². The van der Waals surface area contributed by atoms with Crippen LogP contribution in [-0.4, -0.2) is 41.2 Å². The van der Waals surface area contributed by atoms with Gasteiger partial charge in [0.1, 0.15) is 5.82 Å². The summed E-state index contributed by atoms with van der Waals surface area (Å²) < 4.78 is 5.44. The van der Waals surface area contributed by atoms with E-state index in [1.54, 1.807) is 6.20 Å². The number of allylic oxidation sites excluding steroid dienone is 3. The van der Waals surface area contributed by atoms with Crippen LogP contribution in [0, 0.1) is 0 Å². The number of rotatable bonds is 4. The van der Waals surface area contributed by atoms with E-state index in [1.807, 2.05) is 42.5 Å².